The number of hydrogen-bond donors (Lipinski definition) is 1. The largest absolute Gasteiger partial charge is 0.392 e. The van der Waals surface area contributed by atoms with Gasteiger partial charge in [0.05, 0.1) is 6.61 Å². The highest BCUT2D eigenvalue weighted by Crippen LogP contribution is 2.78. The molecule has 1 N–H and O–H groups in total. The molecule has 0 aromatic carbocycles. The van der Waals surface area contributed by atoms with E-state index in [-0.39, 0.29) is 6.61 Å². The molecule has 0 saturated heterocycles. The first-order valence-electron chi connectivity index (χ1n) is 6.78. The first-order valence-corrected chi connectivity index (χ1v) is 6.78. The molecule has 0 aromatic heterocycles. The van der Waals surface area contributed by atoms with Crippen LogP contribution in [0.5, 0.6) is 0 Å². The predicted octanol–water partition coefficient (Wildman–Crippen LogP) is 3.53. The Balaban J connectivity index is 2.09. The van der Waals surface area contributed by atoms with Gasteiger partial charge in [-0.1, -0.05) is 26.8 Å². The van der Waals surface area contributed by atoms with Gasteiger partial charge in [-0.3, -0.25) is 0 Å². The summed E-state index contributed by atoms with van der Waals surface area (Å²) in [6.45, 7) is 9.40. The second kappa shape index (κ2) is 2.93. The van der Waals surface area contributed by atoms with E-state index in [1.54, 1.807) is 0 Å². The molecule has 1 heteroatoms. The number of rotatable bonds is 2. The smallest absolute Gasteiger partial charge is 0.0644 e. The van der Waals surface area contributed by atoms with Crippen molar-refractivity contribution < 1.29 is 5.11 Å². The summed E-state index contributed by atoms with van der Waals surface area (Å²) in [4.78, 5) is 0. The van der Waals surface area contributed by atoms with E-state index in [0.29, 0.717) is 16.2 Å². The Morgan fingerprint density at radius 3 is 2.75 bits per heavy atom. The Kier molecular flexibility index (Phi) is 1.98. The molecule has 3 fully saturated rings. The van der Waals surface area contributed by atoms with Gasteiger partial charge in [0.2, 0.25) is 0 Å². The van der Waals surface area contributed by atoms with Crippen molar-refractivity contribution in [2.75, 3.05) is 6.61 Å². The maximum absolute atomic E-state index is 9.50. The Hall–Kier alpha value is -0.300. The van der Waals surface area contributed by atoms with Gasteiger partial charge < -0.3 is 5.11 Å². The zero-order chi connectivity index (χ0) is 11.6. The summed E-state index contributed by atoms with van der Waals surface area (Å²) < 4.78 is 0. The van der Waals surface area contributed by atoms with Gasteiger partial charge in [0.25, 0.3) is 0 Å². The topological polar surface area (TPSA) is 20.2 Å². The average molecular weight is 220 g/mol. The van der Waals surface area contributed by atoms with Gasteiger partial charge in [0.1, 0.15) is 0 Å². The van der Waals surface area contributed by atoms with Crippen LogP contribution in [-0.2, 0) is 0 Å². The van der Waals surface area contributed by atoms with Gasteiger partial charge in [-0.15, -0.1) is 0 Å². The summed E-state index contributed by atoms with van der Waals surface area (Å²) in [7, 11) is 0. The predicted molar refractivity (Wildman–Crippen MR) is 66.1 cm³/mol. The third kappa shape index (κ3) is 0.932. The van der Waals surface area contributed by atoms with Crippen molar-refractivity contribution in [3.8, 4) is 0 Å². The van der Waals surface area contributed by atoms with Crippen molar-refractivity contribution in [1.29, 1.82) is 0 Å². The molecule has 2 unspecified atom stereocenters. The second-order valence-electron chi connectivity index (χ2n) is 7.02. The highest BCUT2D eigenvalue weighted by molar-refractivity contribution is 5.28. The van der Waals surface area contributed by atoms with Crippen LogP contribution >= 0.6 is 0 Å². The van der Waals surface area contributed by atoms with Crippen LogP contribution in [0.15, 0.2) is 12.2 Å². The van der Waals surface area contributed by atoms with Crippen molar-refractivity contribution in [1.82, 2.24) is 0 Å². The van der Waals surface area contributed by atoms with Crippen molar-refractivity contribution in [3.05, 3.63) is 12.2 Å². The molecule has 4 bridgehead atoms. The van der Waals surface area contributed by atoms with Gasteiger partial charge in [-0.05, 0) is 59.8 Å². The van der Waals surface area contributed by atoms with E-state index in [1.165, 1.54) is 38.5 Å². The molecule has 0 aromatic rings. The molecule has 1 nitrogen and oxygen atoms in total. The Labute approximate surface area is 98.9 Å². The van der Waals surface area contributed by atoms with E-state index in [4.69, 9.17) is 0 Å². The molecule has 90 valence electrons. The number of aliphatic hydroxyl groups excluding tert-OH is 1. The first-order chi connectivity index (χ1) is 7.48. The van der Waals surface area contributed by atoms with Gasteiger partial charge in [-0.25, -0.2) is 0 Å². The lowest BCUT2D eigenvalue weighted by molar-refractivity contribution is 0.0669. The van der Waals surface area contributed by atoms with E-state index in [9.17, 15) is 5.11 Å². The summed E-state index contributed by atoms with van der Waals surface area (Å²) in [5.74, 6) is 0.804. The quantitative estimate of drug-likeness (QED) is 0.706. The van der Waals surface area contributed by atoms with Gasteiger partial charge in [-0.2, -0.15) is 0 Å². The highest BCUT2D eigenvalue weighted by Gasteiger charge is 2.70. The minimum Gasteiger partial charge on any atom is -0.392 e. The molecule has 0 spiro atoms. The summed E-state index contributed by atoms with van der Waals surface area (Å²) in [6.07, 6.45) is 8.07. The third-order valence-corrected chi connectivity index (χ3v) is 6.72. The fourth-order valence-corrected chi connectivity index (χ4v) is 5.70. The fraction of sp³-hybridized carbons (Fsp3) is 0.867. The molecule has 3 aliphatic rings. The lowest BCUT2D eigenvalue weighted by Crippen LogP contribution is -2.38. The van der Waals surface area contributed by atoms with E-state index < -0.39 is 0 Å². The van der Waals surface area contributed by atoms with Crippen molar-refractivity contribution in [2.24, 2.45) is 22.2 Å². The van der Waals surface area contributed by atoms with Crippen LogP contribution in [0.2, 0.25) is 0 Å². The van der Waals surface area contributed by atoms with E-state index in [2.05, 4.69) is 20.4 Å². The lowest BCUT2D eigenvalue weighted by atomic mass is 9.59. The Morgan fingerprint density at radius 1 is 1.31 bits per heavy atom. The molecule has 3 saturated carbocycles. The minimum atomic E-state index is 0.197. The number of hydrogen-bond acceptors (Lipinski definition) is 1. The average Bonchev–Trinajstić information content (AvgIpc) is 2.56. The van der Waals surface area contributed by atoms with Crippen LogP contribution in [-0.4, -0.2) is 11.7 Å². The zero-order valence-electron chi connectivity index (χ0n) is 10.7. The summed E-state index contributed by atoms with van der Waals surface area (Å²) in [6, 6.07) is 0. The minimum absolute atomic E-state index is 0.197. The zero-order valence-corrected chi connectivity index (χ0v) is 10.7. The summed E-state index contributed by atoms with van der Waals surface area (Å²) >= 11 is 0. The maximum Gasteiger partial charge on any atom is 0.0644 e. The van der Waals surface area contributed by atoms with Crippen LogP contribution in [0.1, 0.15) is 52.4 Å². The van der Waals surface area contributed by atoms with E-state index >= 15 is 0 Å². The van der Waals surface area contributed by atoms with Crippen molar-refractivity contribution in [3.63, 3.8) is 0 Å². The Bertz CT molecular complexity index is 347. The molecular formula is C15H24O. The highest BCUT2D eigenvalue weighted by atomic mass is 16.3. The Morgan fingerprint density at radius 2 is 2.06 bits per heavy atom. The number of aliphatic hydroxyl groups is 1. The summed E-state index contributed by atoms with van der Waals surface area (Å²) in [5, 5.41) is 9.50. The second-order valence-corrected chi connectivity index (χ2v) is 7.02. The normalized spacial score (nSPS) is 54.3. The van der Waals surface area contributed by atoms with Crippen LogP contribution in [0.4, 0.5) is 0 Å². The van der Waals surface area contributed by atoms with Crippen LogP contribution in [0, 0.1) is 22.2 Å². The molecule has 0 aliphatic heterocycles. The first kappa shape index (κ1) is 10.8. The monoisotopic (exact) mass is 220 g/mol. The van der Waals surface area contributed by atoms with Crippen LogP contribution in [0.3, 0.4) is 0 Å². The fourth-order valence-electron chi connectivity index (χ4n) is 5.70. The molecule has 3 aliphatic carbocycles. The molecule has 0 heterocycles. The summed E-state index contributed by atoms with van der Waals surface area (Å²) in [5.41, 5.74) is 2.48. The van der Waals surface area contributed by atoms with Crippen LogP contribution < -0.4 is 0 Å². The third-order valence-electron chi connectivity index (χ3n) is 6.72. The molecule has 3 rings (SSSR count). The van der Waals surface area contributed by atoms with E-state index in [1.807, 2.05) is 0 Å². The molecule has 4 atom stereocenters. The lowest BCUT2D eigenvalue weighted by Gasteiger charge is -2.46. The molecule has 16 heavy (non-hydrogen) atoms. The molecule has 0 amide bonds. The van der Waals surface area contributed by atoms with Gasteiger partial charge in [0, 0.05) is 0 Å². The molecule has 0 radical (unpaired) electrons. The van der Waals surface area contributed by atoms with Crippen molar-refractivity contribution >= 4 is 0 Å². The van der Waals surface area contributed by atoms with Crippen molar-refractivity contribution in [2.45, 2.75) is 52.4 Å². The van der Waals surface area contributed by atoms with Gasteiger partial charge >= 0.3 is 0 Å². The molecular weight excluding hydrogens is 196 g/mol. The van der Waals surface area contributed by atoms with E-state index in [0.717, 1.165) is 11.5 Å². The standard InChI is InChI=1S/C15H24O/c1-11(9-16)15-7-4-6-14(3)12(15)5-8-13(14,2)10-15/h12,16H,1,4-10H2,2-3H3/t12?,13-,14?,15-/m0/s1. The maximum atomic E-state index is 9.50. The van der Waals surface area contributed by atoms with Crippen LogP contribution in [0.25, 0.3) is 0 Å². The van der Waals surface area contributed by atoms with Gasteiger partial charge in [0.15, 0.2) is 0 Å². The SMILES string of the molecule is C=C(CO)[C@@]12CCCC3(C)C1CC[C@@]3(C)C2.